The Morgan fingerprint density at radius 3 is 2.82 bits per heavy atom. The van der Waals surface area contributed by atoms with Crippen LogP contribution in [0.2, 0.25) is 5.02 Å². The second kappa shape index (κ2) is 6.47. The number of carboxylic acid groups (broad SMARTS) is 1. The number of hydrogen-bond donors (Lipinski definition) is 2. The maximum atomic E-state index is 10.5. The maximum Gasteiger partial charge on any atom is 0.320 e. The fraction of sp³-hybridized carbons (Fsp3) is 0.417. The van der Waals surface area contributed by atoms with E-state index in [1.165, 1.54) is 0 Å². The lowest BCUT2D eigenvalue weighted by atomic mass is 10.0. The third-order valence-electron chi connectivity index (χ3n) is 2.54. The number of halogens is 1. The Kier molecular flexibility index (Phi) is 5.25. The lowest BCUT2D eigenvalue weighted by Gasteiger charge is -2.08. The molecule has 0 radical (unpaired) electrons. The van der Waals surface area contributed by atoms with Crippen molar-refractivity contribution in [2.45, 2.75) is 25.3 Å². The van der Waals surface area contributed by atoms with E-state index in [1.807, 2.05) is 12.1 Å². The van der Waals surface area contributed by atoms with E-state index in [0.29, 0.717) is 30.0 Å². The van der Waals surface area contributed by atoms with Crippen LogP contribution in [0.1, 0.15) is 18.4 Å². The molecule has 0 amide bonds. The van der Waals surface area contributed by atoms with E-state index in [2.05, 4.69) is 0 Å². The SMILES string of the molecule is COc1ccc(CCCC(N)C(=O)O)c(Cl)c1. The third-order valence-corrected chi connectivity index (χ3v) is 2.89. The number of aryl methyl sites for hydroxylation is 1. The number of methoxy groups -OCH3 is 1. The summed E-state index contributed by atoms with van der Waals surface area (Å²) in [6, 6.07) is 4.66. The van der Waals surface area contributed by atoms with E-state index in [-0.39, 0.29) is 0 Å². The predicted octanol–water partition coefficient (Wildman–Crippen LogP) is 2.08. The Morgan fingerprint density at radius 2 is 2.29 bits per heavy atom. The van der Waals surface area contributed by atoms with Crippen molar-refractivity contribution in [3.63, 3.8) is 0 Å². The van der Waals surface area contributed by atoms with E-state index >= 15 is 0 Å². The van der Waals surface area contributed by atoms with Crippen molar-refractivity contribution in [1.82, 2.24) is 0 Å². The zero-order chi connectivity index (χ0) is 12.8. The largest absolute Gasteiger partial charge is 0.497 e. The van der Waals surface area contributed by atoms with Gasteiger partial charge in [0.05, 0.1) is 7.11 Å². The monoisotopic (exact) mass is 257 g/mol. The van der Waals surface area contributed by atoms with Gasteiger partial charge in [-0.15, -0.1) is 0 Å². The van der Waals surface area contributed by atoms with Crippen molar-refractivity contribution >= 4 is 17.6 Å². The van der Waals surface area contributed by atoms with Gasteiger partial charge < -0.3 is 15.6 Å². The fourth-order valence-electron chi connectivity index (χ4n) is 1.49. The van der Waals surface area contributed by atoms with Gasteiger partial charge in [-0.25, -0.2) is 0 Å². The zero-order valence-corrected chi connectivity index (χ0v) is 10.4. The first kappa shape index (κ1) is 13.8. The molecule has 0 heterocycles. The van der Waals surface area contributed by atoms with Gasteiger partial charge in [-0.3, -0.25) is 4.79 Å². The predicted molar refractivity (Wildman–Crippen MR) is 66.6 cm³/mol. The summed E-state index contributed by atoms with van der Waals surface area (Å²) in [5.74, 6) is -0.258. The first-order chi connectivity index (χ1) is 8.04. The van der Waals surface area contributed by atoms with E-state index in [4.69, 9.17) is 27.2 Å². The van der Waals surface area contributed by atoms with Crippen molar-refractivity contribution in [2.75, 3.05) is 7.11 Å². The van der Waals surface area contributed by atoms with Crippen molar-refractivity contribution in [2.24, 2.45) is 5.73 Å². The van der Waals surface area contributed by atoms with Gasteiger partial charge in [0.2, 0.25) is 0 Å². The molecule has 94 valence electrons. The quantitative estimate of drug-likeness (QED) is 0.818. The molecule has 0 saturated heterocycles. The Labute approximate surface area is 105 Å². The number of benzene rings is 1. The van der Waals surface area contributed by atoms with Crippen LogP contribution in [0.5, 0.6) is 5.75 Å². The number of ether oxygens (including phenoxy) is 1. The Hall–Kier alpha value is -1.26. The summed E-state index contributed by atoms with van der Waals surface area (Å²) >= 11 is 6.06. The molecule has 1 rings (SSSR count). The van der Waals surface area contributed by atoms with Gasteiger partial charge in [0.25, 0.3) is 0 Å². The second-order valence-corrected chi connectivity index (χ2v) is 4.20. The average Bonchev–Trinajstić information content (AvgIpc) is 2.30. The molecule has 0 saturated carbocycles. The number of hydrogen-bond acceptors (Lipinski definition) is 3. The summed E-state index contributed by atoms with van der Waals surface area (Å²) in [4.78, 5) is 10.5. The zero-order valence-electron chi connectivity index (χ0n) is 9.65. The smallest absolute Gasteiger partial charge is 0.320 e. The third kappa shape index (κ3) is 4.24. The number of carboxylic acids is 1. The van der Waals surface area contributed by atoms with Crippen LogP contribution in [0, 0.1) is 0 Å². The van der Waals surface area contributed by atoms with Crippen LogP contribution in [0.25, 0.3) is 0 Å². The molecule has 1 aromatic rings. The molecule has 0 fully saturated rings. The molecule has 4 nitrogen and oxygen atoms in total. The van der Waals surface area contributed by atoms with E-state index < -0.39 is 12.0 Å². The summed E-state index contributed by atoms with van der Waals surface area (Å²) < 4.78 is 5.04. The van der Waals surface area contributed by atoms with E-state index in [1.54, 1.807) is 13.2 Å². The lowest BCUT2D eigenvalue weighted by molar-refractivity contribution is -0.138. The topological polar surface area (TPSA) is 72.5 Å². The van der Waals surface area contributed by atoms with Crippen LogP contribution < -0.4 is 10.5 Å². The minimum Gasteiger partial charge on any atom is -0.497 e. The van der Waals surface area contributed by atoms with Gasteiger partial charge in [0.15, 0.2) is 0 Å². The standard InChI is InChI=1S/C12H16ClNO3/c1-17-9-6-5-8(10(13)7-9)3-2-4-11(14)12(15)16/h5-7,11H,2-4,14H2,1H3,(H,15,16). The molecule has 1 atom stereocenters. The van der Waals surface area contributed by atoms with Crippen molar-refractivity contribution in [3.05, 3.63) is 28.8 Å². The lowest BCUT2D eigenvalue weighted by Crippen LogP contribution is -2.29. The van der Waals surface area contributed by atoms with Crippen LogP contribution in [0.15, 0.2) is 18.2 Å². The van der Waals surface area contributed by atoms with Crippen LogP contribution in [0.4, 0.5) is 0 Å². The van der Waals surface area contributed by atoms with Gasteiger partial charge in [-0.1, -0.05) is 17.7 Å². The molecular formula is C12H16ClNO3. The second-order valence-electron chi connectivity index (χ2n) is 3.79. The van der Waals surface area contributed by atoms with Crippen LogP contribution >= 0.6 is 11.6 Å². The summed E-state index contributed by atoms with van der Waals surface area (Å²) in [5.41, 5.74) is 6.39. The molecule has 0 bridgehead atoms. The highest BCUT2D eigenvalue weighted by molar-refractivity contribution is 6.31. The van der Waals surface area contributed by atoms with Gasteiger partial charge in [0.1, 0.15) is 11.8 Å². The van der Waals surface area contributed by atoms with E-state index in [9.17, 15) is 4.79 Å². The van der Waals surface area contributed by atoms with Crippen LogP contribution in [-0.4, -0.2) is 24.2 Å². The van der Waals surface area contributed by atoms with Crippen LogP contribution in [-0.2, 0) is 11.2 Å². The minimum absolute atomic E-state index is 0.442. The van der Waals surface area contributed by atoms with Crippen LogP contribution in [0.3, 0.4) is 0 Å². The molecule has 1 aromatic carbocycles. The van der Waals surface area contributed by atoms with Gasteiger partial charge in [-0.05, 0) is 37.0 Å². The molecule has 0 aliphatic rings. The highest BCUT2D eigenvalue weighted by atomic mass is 35.5. The summed E-state index contributed by atoms with van der Waals surface area (Å²) in [6.07, 6.45) is 1.85. The minimum atomic E-state index is -0.967. The Morgan fingerprint density at radius 1 is 1.59 bits per heavy atom. The average molecular weight is 258 g/mol. The number of rotatable bonds is 6. The molecule has 0 aliphatic carbocycles. The van der Waals surface area contributed by atoms with Gasteiger partial charge in [-0.2, -0.15) is 0 Å². The van der Waals surface area contributed by atoms with Crippen molar-refractivity contribution in [3.8, 4) is 5.75 Å². The number of carbonyl (C=O) groups is 1. The number of nitrogens with two attached hydrogens (primary N) is 1. The molecule has 3 N–H and O–H groups in total. The fourth-order valence-corrected chi connectivity index (χ4v) is 1.76. The first-order valence-corrected chi connectivity index (χ1v) is 5.73. The molecular weight excluding hydrogens is 242 g/mol. The summed E-state index contributed by atoms with van der Waals surface area (Å²) in [5, 5.41) is 9.27. The summed E-state index contributed by atoms with van der Waals surface area (Å²) in [7, 11) is 1.58. The highest BCUT2D eigenvalue weighted by Crippen LogP contribution is 2.23. The van der Waals surface area contributed by atoms with Gasteiger partial charge >= 0.3 is 5.97 Å². The Balaban J connectivity index is 2.49. The normalized spacial score (nSPS) is 12.2. The highest BCUT2D eigenvalue weighted by Gasteiger charge is 2.11. The van der Waals surface area contributed by atoms with Crippen molar-refractivity contribution in [1.29, 1.82) is 0 Å². The van der Waals surface area contributed by atoms with Crippen molar-refractivity contribution < 1.29 is 14.6 Å². The van der Waals surface area contributed by atoms with Gasteiger partial charge in [0, 0.05) is 5.02 Å². The molecule has 0 aliphatic heterocycles. The molecule has 5 heteroatoms. The molecule has 0 aromatic heterocycles. The number of aliphatic carboxylic acids is 1. The molecule has 17 heavy (non-hydrogen) atoms. The molecule has 0 spiro atoms. The molecule has 1 unspecified atom stereocenters. The van der Waals surface area contributed by atoms with E-state index in [0.717, 1.165) is 5.56 Å². The maximum absolute atomic E-state index is 10.5. The summed E-state index contributed by atoms with van der Waals surface area (Å²) in [6.45, 7) is 0. The Bertz CT molecular complexity index is 395. The first-order valence-electron chi connectivity index (χ1n) is 5.35.